The summed E-state index contributed by atoms with van der Waals surface area (Å²) in [6, 6.07) is 37.3. The Hall–Kier alpha value is -4.70. The number of ether oxygens (including phenoxy) is 1. The Morgan fingerprint density at radius 3 is 1.77 bits per heavy atom. The number of carbonyl (C=O) groups is 2. The molecule has 5 aromatic carbocycles. The molecule has 0 N–H and O–H groups in total. The largest absolute Gasteiger partial charge is 0.497 e. The summed E-state index contributed by atoms with van der Waals surface area (Å²) in [4.78, 5) is 28.3. The van der Waals surface area contributed by atoms with Gasteiger partial charge in [-0.3, -0.25) is 14.5 Å². The van der Waals surface area contributed by atoms with Crippen LogP contribution in [0.3, 0.4) is 0 Å². The molecule has 35 heavy (non-hydrogen) atoms. The van der Waals surface area contributed by atoms with Gasteiger partial charge in [-0.1, -0.05) is 60.7 Å². The number of hydrogen-bond acceptors (Lipinski definition) is 3. The van der Waals surface area contributed by atoms with E-state index < -0.39 is 0 Å². The van der Waals surface area contributed by atoms with E-state index in [1.807, 2.05) is 84.9 Å². The van der Waals surface area contributed by atoms with Crippen LogP contribution in [0.1, 0.15) is 26.3 Å². The van der Waals surface area contributed by atoms with E-state index in [2.05, 4.69) is 0 Å². The van der Waals surface area contributed by atoms with E-state index in [-0.39, 0.29) is 11.7 Å². The Morgan fingerprint density at radius 2 is 1.11 bits per heavy atom. The summed E-state index contributed by atoms with van der Waals surface area (Å²) in [7, 11) is 1.61. The first-order valence-corrected chi connectivity index (χ1v) is 11.3. The fraction of sp³-hybridized carbons (Fsp3) is 0.0323. The quantitative estimate of drug-likeness (QED) is 0.257. The molecule has 0 heterocycles. The van der Waals surface area contributed by atoms with Gasteiger partial charge in [0.05, 0.1) is 7.11 Å². The van der Waals surface area contributed by atoms with E-state index in [0.29, 0.717) is 33.8 Å². The minimum absolute atomic E-state index is 0.0611. The average molecular weight is 458 g/mol. The smallest absolute Gasteiger partial charge is 0.262 e. The fourth-order valence-corrected chi connectivity index (χ4v) is 4.08. The predicted molar refractivity (Wildman–Crippen MR) is 140 cm³/mol. The Bertz CT molecular complexity index is 1490. The number of hydrogen-bond donors (Lipinski definition) is 0. The third-order valence-electron chi connectivity index (χ3n) is 5.95. The summed E-state index contributed by atoms with van der Waals surface area (Å²) < 4.78 is 5.29. The third kappa shape index (κ3) is 4.55. The molecule has 0 aliphatic rings. The van der Waals surface area contributed by atoms with Crippen LogP contribution in [0, 0.1) is 0 Å². The minimum Gasteiger partial charge on any atom is -0.497 e. The van der Waals surface area contributed by atoms with Gasteiger partial charge in [0.1, 0.15) is 5.75 Å². The lowest BCUT2D eigenvalue weighted by molar-refractivity contribution is 0.0998. The molecular weight excluding hydrogens is 434 g/mol. The van der Waals surface area contributed by atoms with Crippen molar-refractivity contribution in [3.05, 3.63) is 138 Å². The first-order chi connectivity index (χ1) is 17.1. The van der Waals surface area contributed by atoms with E-state index in [1.54, 1.807) is 48.4 Å². The van der Waals surface area contributed by atoms with E-state index in [9.17, 15) is 9.59 Å². The van der Waals surface area contributed by atoms with Gasteiger partial charge in [-0.25, -0.2) is 0 Å². The number of rotatable bonds is 6. The van der Waals surface area contributed by atoms with Gasteiger partial charge in [-0.15, -0.1) is 0 Å². The van der Waals surface area contributed by atoms with Crippen LogP contribution in [0.15, 0.2) is 121 Å². The number of anilines is 2. The van der Waals surface area contributed by atoms with Crippen molar-refractivity contribution in [3.8, 4) is 5.75 Å². The zero-order chi connectivity index (χ0) is 24.2. The Kier molecular flexibility index (Phi) is 6.10. The van der Waals surface area contributed by atoms with Gasteiger partial charge in [0.15, 0.2) is 5.78 Å². The van der Waals surface area contributed by atoms with Crippen molar-refractivity contribution in [1.29, 1.82) is 0 Å². The molecule has 0 atom stereocenters. The summed E-state index contributed by atoms with van der Waals surface area (Å²) in [6.07, 6.45) is 0. The maximum atomic E-state index is 13.8. The minimum atomic E-state index is -0.164. The number of amides is 1. The Balaban J connectivity index is 1.54. The number of ketones is 1. The van der Waals surface area contributed by atoms with Gasteiger partial charge in [-0.05, 0) is 71.4 Å². The van der Waals surface area contributed by atoms with Crippen LogP contribution < -0.4 is 9.64 Å². The topological polar surface area (TPSA) is 46.6 Å². The molecule has 1 amide bonds. The summed E-state index contributed by atoms with van der Waals surface area (Å²) >= 11 is 0. The predicted octanol–water partition coefficient (Wildman–Crippen LogP) is 7.06. The lowest BCUT2D eigenvalue weighted by Crippen LogP contribution is -2.26. The maximum Gasteiger partial charge on any atom is 0.262 e. The second-order valence-corrected chi connectivity index (χ2v) is 8.14. The lowest BCUT2D eigenvalue weighted by atomic mass is 10.0. The molecule has 0 saturated heterocycles. The van der Waals surface area contributed by atoms with Crippen LogP contribution in [-0.2, 0) is 0 Å². The van der Waals surface area contributed by atoms with Crippen molar-refractivity contribution in [2.45, 2.75) is 0 Å². The van der Waals surface area contributed by atoms with Crippen LogP contribution in [0.2, 0.25) is 0 Å². The third-order valence-corrected chi connectivity index (χ3v) is 5.95. The van der Waals surface area contributed by atoms with Crippen molar-refractivity contribution >= 4 is 33.8 Å². The van der Waals surface area contributed by atoms with E-state index in [4.69, 9.17) is 4.74 Å². The van der Waals surface area contributed by atoms with Gasteiger partial charge in [0, 0.05) is 28.1 Å². The molecule has 5 rings (SSSR count). The highest BCUT2D eigenvalue weighted by Gasteiger charge is 2.21. The van der Waals surface area contributed by atoms with Crippen LogP contribution in [0.5, 0.6) is 5.75 Å². The van der Waals surface area contributed by atoms with E-state index >= 15 is 0 Å². The molecule has 0 unspecified atom stereocenters. The molecule has 5 aromatic rings. The zero-order valence-corrected chi connectivity index (χ0v) is 19.2. The van der Waals surface area contributed by atoms with Gasteiger partial charge in [-0.2, -0.15) is 0 Å². The molecule has 0 radical (unpaired) electrons. The molecule has 0 aliphatic carbocycles. The second kappa shape index (κ2) is 9.65. The number of carbonyl (C=O) groups excluding carboxylic acids is 2. The van der Waals surface area contributed by atoms with Crippen molar-refractivity contribution in [1.82, 2.24) is 0 Å². The number of methoxy groups -OCH3 is 1. The first-order valence-electron chi connectivity index (χ1n) is 11.3. The summed E-state index contributed by atoms with van der Waals surface area (Å²) in [6.45, 7) is 0. The molecule has 0 fully saturated rings. The average Bonchev–Trinajstić information content (AvgIpc) is 2.93. The van der Waals surface area contributed by atoms with E-state index in [0.717, 1.165) is 10.8 Å². The Morgan fingerprint density at radius 1 is 0.571 bits per heavy atom. The fourth-order valence-electron chi connectivity index (χ4n) is 4.08. The maximum absolute atomic E-state index is 13.8. The van der Waals surface area contributed by atoms with Gasteiger partial charge in [0.25, 0.3) is 5.91 Å². The SMILES string of the molecule is COc1ccc(N(C(=O)c2ccc3ccccc3c2)c2ccc(C(=O)c3ccccc3)cc2)cc1. The van der Waals surface area contributed by atoms with Crippen LogP contribution in [0.4, 0.5) is 11.4 Å². The highest BCUT2D eigenvalue weighted by Crippen LogP contribution is 2.30. The molecule has 4 nitrogen and oxygen atoms in total. The summed E-state index contributed by atoms with van der Waals surface area (Å²) in [5, 5.41) is 2.07. The standard InChI is InChI=1S/C31H23NO3/c1-35-29-19-17-28(18-20-29)32(31(34)26-12-11-22-7-5-6-10-25(22)21-26)27-15-13-24(14-16-27)30(33)23-8-3-2-4-9-23/h2-21H,1H3. The molecule has 0 spiro atoms. The summed E-state index contributed by atoms with van der Waals surface area (Å²) in [5.74, 6) is 0.479. The highest BCUT2D eigenvalue weighted by atomic mass is 16.5. The number of nitrogens with zero attached hydrogens (tertiary/aromatic N) is 1. The highest BCUT2D eigenvalue weighted by molar-refractivity contribution is 6.13. The number of benzene rings is 5. The van der Waals surface area contributed by atoms with Crippen LogP contribution >= 0.6 is 0 Å². The molecule has 170 valence electrons. The summed E-state index contributed by atoms with van der Waals surface area (Å²) in [5.41, 5.74) is 3.13. The van der Waals surface area contributed by atoms with Gasteiger partial charge < -0.3 is 4.74 Å². The first kappa shape index (κ1) is 22.1. The second-order valence-electron chi connectivity index (χ2n) is 8.14. The normalized spacial score (nSPS) is 10.7. The van der Waals surface area contributed by atoms with Crippen molar-refractivity contribution < 1.29 is 14.3 Å². The Labute approximate surface area is 204 Å². The molecular formula is C31H23NO3. The molecule has 4 heteroatoms. The van der Waals surface area contributed by atoms with Crippen molar-refractivity contribution in [3.63, 3.8) is 0 Å². The van der Waals surface area contributed by atoms with Crippen LogP contribution in [-0.4, -0.2) is 18.8 Å². The van der Waals surface area contributed by atoms with Gasteiger partial charge >= 0.3 is 0 Å². The molecule has 0 bridgehead atoms. The van der Waals surface area contributed by atoms with Crippen LogP contribution in [0.25, 0.3) is 10.8 Å². The monoisotopic (exact) mass is 457 g/mol. The zero-order valence-electron chi connectivity index (χ0n) is 19.2. The molecule has 0 saturated carbocycles. The van der Waals surface area contributed by atoms with Gasteiger partial charge in [0.2, 0.25) is 0 Å². The van der Waals surface area contributed by atoms with Crippen molar-refractivity contribution in [2.24, 2.45) is 0 Å². The van der Waals surface area contributed by atoms with E-state index in [1.165, 1.54) is 0 Å². The molecule has 0 aromatic heterocycles. The lowest BCUT2D eigenvalue weighted by Gasteiger charge is -2.24. The number of fused-ring (bicyclic) bond motifs is 1. The molecule has 0 aliphatic heterocycles. The van der Waals surface area contributed by atoms with Crippen molar-refractivity contribution in [2.75, 3.05) is 12.0 Å².